The van der Waals surface area contributed by atoms with Gasteiger partial charge in [-0.05, 0) is 32.7 Å². The number of nitrogens with one attached hydrogen (secondary N) is 2. The van der Waals surface area contributed by atoms with Gasteiger partial charge in [0.1, 0.15) is 0 Å². The minimum absolute atomic E-state index is 0.0111. The minimum Gasteiger partial charge on any atom is -0.352 e. The number of hydrogen-bond acceptors (Lipinski definition) is 3. The summed E-state index contributed by atoms with van der Waals surface area (Å²) in [4.78, 5) is 25.5. The fourth-order valence-electron chi connectivity index (χ4n) is 2.95. The van der Waals surface area contributed by atoms with Crippen LogP contribution in [0.2, 0.25) is 0 Å². The lowest BCUT2D eigenvalue weighted by molar-refractivity contribution is -0.142. The van der Waals surface area contributed by atoms with Crippen LogP contribution in [0.4, 0.5) is 0 Å². The van der Waals surface area contributed by atoms with Gasteiger partial charge in [-0.25, -0.2) is 0 Å². The highest BCUT2D eigenvalue weighted by Crippen LogP contribution is 2.28. The van der Waals surface area contributed by atoms with E-state index in [4.69, 9.17) is 0 Å². The largest absolute Gasteiger partial charge is 0.352 e. The van der Waals surface area contributed by atoms with Gasteiger partial charge >= 0.3 is 0 Å². The molecule has 0 aliphatic carbocycles. The number of rotatable bonds is 2. The topological polar surface area (TPSA) is 61.4 Å². The Kier molecular flexibility index (Phi) is 3.90. The lowest BCUT2D eigenvalue weighted by atomic mass is 9.87. The van der Waals surface area contributed by atoms with Crippen LogP contribution in [-0.2, 0) is 9.59 Å². The highest BCUT2D eigenvalue weighted by atomic mass is 16.2. The molecule has 2 rings (SSSR count). The lowest BCUT2D eigenvalue weighted by Crippen LogP contribution is -2.53. The lowest BCUT2D eigenvalue weighted by Gasteiger charge is -2.37. The highest BCUT2D eigenvalue weighted by molar-refractivity contribution is 5.83. The van der Waals surface area contributed by atoms with Crippen LogP contribution in [0, 0.1) is 5.41 Å². The predicted octanol–water partition coefficient (Wildman–Crippen LogP) is 0.113. The molecule has 0 unspecified atom stereocenters. The molecule has 0 saturated carbocycles. The molecule has 0 bridgehead atoms. The van der Waals surface area contributed by atoms with E-state index >= 15 is 0 Å². The molecule has 2 fully saturated rings. The number of carbonyl (C=O) groups is 2. The first-order valence-corrected chi connectivity index (χ1v) is 6.78. The summed E-state index contributed by atoms with van der Waals surface area (Å²) >= 11 is 0. The molecular weight excluding hydrogens is 230 g/mol. The molecule has 0 aromatic heterocycles. The zero-order valence-electron chi connectivity index (χ0n) is 11.3. The molecule has 5 heteroatoms. The van der Waals surface area contributed by atoms with Gasteiger partial charge in [-0.1, -0.05) is 0 Å². The number of amides is 2. The van der Waals surface area contributed by atoms with E-state index in [2.05, 4.69) is 10.6 Å². The summed E-state index contributed by atoms with van der Waals surface area (Å²) in [6.07, 6.45) is 2.85. The second kappa shape index (κ2) is 5.26. The van der Waals surface area contributed by atoms with Crippen molar-refractivity contribution >= 4 is 11.8 Å². The van der Waals surface area contributed by atoms with Crippen LogP contribution in [0.25, 0.3) is 0 Å². The van der Waals surface area contributed by atoms with E-state index in [0.717, 1.165) is 38.9 Å². The van der Waals surface area contributed by atoms with Crippen molar-refractivity contribution in [1.29, 1.82) is 0 Å². The van der Waals surface area contributed by atoms with Crippen LogP contribution in [0.5, 0.6) is 0 Å². The van der Waals surface area contributed by atoms with Crippen molar-refractivity contribution in [3.05, 3.63) is 0 Å². The zero-order chi connectivity index (χ0) is 13.2. The van der Waals surface area contributed by atoms with Crippen molar-refractivity contribution in [3.63, 3.8) is 0 Å². The molecule has 0 aromatic rings. The Hall–Kier alpha value is -1.10. The predicted molar refractivity (Wildman–Crippen MR) is 69.0 cm³/mol. The van der Waals surface area contributed by atoms with Gasteiger partial charge in [0, 0.05) is 32.6 Å². The third-order valence-electron chi connectivity index (χ3n) is 4.00. The van der Waals surface area contributed by atoms with Crippen LogP contribution in [-0.4, -0.2) is 48.9 Å². The maximum atomic E-state index is 12.5. The summed E-state index contributed by atoms with van der Waals surface area (Å²) in [6.45, 7) is 6.75. The van der Waals surface area contributed by atoms with E-state index in [1.54, 1.807) is 0 Å². The summed E-state index contributed by atoms with van der Waals surface area (Å²) in [7, 11) is 0. The standard InChI is InChI=1S/C13H23N3O2/c1-10(17)15-11-4-3-7-16(8-11)12(18)13(2)5-6-14-9-13/h11,14H,3-9H2,1-2H3,(H,15,17)/t11-,13+/m0/s1. The van der Waals surface area contributed by atoms with Gasteiger partial charge in [0.25, 0.3) is 0 Å². The normalized spacial score (nSPS) is 32.3. The molecule has 2 atom stereocenters. The molecule has 18 heavy (non-hydrogen) atoms. The monoisotopic (exact) mass is 253 g/mol. The summed E-state index contributed by atoms with van der Waals surface area (Å²) in [5, 5.41) is 6.18. The van der Waals surface area contributed by atoms with Crippen molar-refractivity contribution in [3.8, 4) is 0 Å². The third kappa shape index (κ3) is 2.83. The average molecular weight is 253 g/mol. The average Bonchev–Trinajstić information content (AvgIpc) is 2.76. The Morgan fingerprint density at radius 2 is 2.22 bits per heavy atom. The number of nitrogens with zero attached hydrogens (tertiary/aromatic N) is 1. The SMILES string of the molecule is CC(=O)N[C@H]1CCCN(C(=O)[C@]2(C)CCNC2)C1. The third-order valence-corrected chi connectivity index (χ3v) is 4.00. The number of piperidine rings is 1. The summed E-state index contributed by atoms with van der Waals surface area (Å²) in [5.74, 6) is 0.227. The van der Waals surface area contributed by atoms with Gasteiger partial charge in [0.05, 0.1) is 5.41 Å². The molecule has 2 amide bonds. The second-order valence-corrected chi connectivity index (χ2v) is 5.78. The van der Waals surface area contributed by atoms with E-state index in [0.29, 0.717) is 6.54 Å². The number of carbonyl (C=O) groups excluding carboxylic acids is 2. The highest BCUT2D eigenvalue weighted by Gasteiger charge is 2.40. The van der Waals surface area contributed by atoms with Crippen LogP contribution in [0.1, 0.15) is 33.1 Å². The Bertz CT molecular complexity index is 337. The quantitative estimate of drug-likeness (QED) is 0.734. The Morgan fingerprint density at radius 3 is 2.83 bits per heavy atom. The second-order valence-electron chi connectivity index (χ2n) is 5.78. The fourth-order valence-corrected chi connectivity index (χ4v) is 2.95. The van der Waals surface area contributed by atoms with Crippen molar-refractivity contribution in [2.24, 2.45) is 5.41 Å². The Labute approximate surface area is 108 Å². The first kappa shape index (κ1) is 13.3. The molecule has 0 spiro atoms. The van der Waals surface area contributed by atoms with Crippen molar-refractivity contribution < 1.29 is 9.59 Å². The fraction of sp³-hybridized carbons (Fsp3) is 0.846. The summed E-state index contributed by atoms with van der Waals surface area (Å²) < 4.78 is 0. The van der Waals surface area contributed by atoms with E-state index < -0.39 is 0 Å². The summed E-state index contributed by atoms with van der Waals surface area (Å²) in [5.41, 5.74) is -0.252. The van der Waals surface area contributed by atoms with Crippen LogP contribution in [0.3, 0.4) is 0 Å². The van der Waals surface area contributed by atoms with E-state index in [1.807, 2.05) is 11.8 Å². The van der Waals surface area contributed by atoms with Gasteiger partial charge in [-0.2, -0.15) is 0 Å². The Morgan fingerprint density at radius 1 is 1.44 bits per heavy atom. The van der Waals surface area contributed by atoms with Crippen LogP contribution < -0.4 is 10.6 Å². The van der Waals surface area contributed by atoms with Crippen molar-refractivity contribution in [1.82, 2.24) is 15.5 Å². The van der Waals surface area contributed by atoms with Gasteiger partial charge in [-0.15, -0.1) is 0 Å². The van der Waals surface area contributed by atoms with E-state index in [1.165, 1.54) is 6.92 Å². The first-order valence-electron chi connectivity index (χ1n) is 6.78. The maximum Gasteiger partial charge on any atom is 0.229 e. The van der Waals surface area contributed by atoms with Crippen molar-refractivity contribution in [2.45, 2.75) is 39.2 Å². The van der Waals surface area contributed by atoms with Crippen LogP contribution in [0.15, 0.2) is 0 Å². The molecule has 102 valence electrons. The van der Waals surface area contributed by atoms with Gasteiger partial charge < -0.3 is 15.5 Å². The smallest absolute Gasteiger partial charge is 0.229 e. The van der Waals surface area contributed by atoms with Gasteiger partial charge in [0.15, 0.2) is 0 Å². The first-order chi connectivity index (χ1) is 8.51. The number of hydrogen-bond donors (Lipinski definition) is 2. The molecule has 2 aliphatic heterocycles. The number of likely N-dealkylation sites (tertiary alicyclic amines) is 1. The minimum atomic E-state index is -0.252. The molecule has 2 N–H and O–H groups in total. The molecule has 2 aliphatic rings. The molecule has 0 aromatic carbocycles. The summed E-state index contributed by atoms with van der Waals surface area (Å²) in [6, 6.07) is 0.123. The Balaban J connectivity index is 1.95. The molecule has 2 heterocycles. The van der Waals surface area contributed by atoms with Crippen LogP contribution >= 0.6 is 0 Å². The molecule has 5 nitrogen and oxygen atoms in total. The molecule has 0 radical (unpaired) electrons. The van der Waals surface area contributed by atoms with Gasteiger partial charge in [-0.3, -0.25) is 9.59 Å². The van der Waals surface area contributed by atoms with Crippen molar-refractivity contribution in [2.75, 3.05) is 26.2 Å². The van der Waals surface area contributed by atoms with E-state index in [-0.39, 0.29) is 23.3 Å². The molecular formula is C13H23N3O2. The zero-order valence-corrected chi connectivity index (χ0v) is 11.3. The molecule has 2 saturated heterocycles. The maximum absolute atomic E-state index is 12.5. The van der Waals surface area contributed by atoms with Gasteiger partial charge in [0.2, 0.25) is 11.8 Å². The van der Waals surface area contributed by atoms with E-state index in [9.17, 15) is 9.59 Å².